The lowest BCUT2D eigenvalue weighted by molar-refractivity contribution is 0.161. The summed E-state index contributed by atoms with van der Waals surface area (Å²) in [6.45, 7) is 6.12. The zero-order valence-corrected chi connectivity index (χ0v) is 11.1. The normalized spacial score (nSPS) is 13.6. The van der Waals surface area contributed by atoms with Crippen LogP contribution in [-0.2, 0) is 6.61 Å². The van der Waals surface area contributed by atoms with E-state index in [0.29, 0.717) is 17.7 Å². The first-order chi connectivity index (χ1) is 8.33. The molecule has 0 aromatic heterocycles. The molecule has 0 aliphatic heterocycles. The summed E-state index contributed by atoms with van der Waals surface area (Å²) in [7, 11) is 0. The molecule has 0 spiro atoms. The number of aliphatic hydroxyl groups is 2. The molecule has 5 N–H and O–H groups in total. The molecular weight excluding hydrogens is 232 g/mol. The molecule has 102 valence electrons. The molecule has 0 bridgehead atoms. The molecule has 0 aliphatic carbocycles. The summed E-state index contributed by atoms with van der Waals surface area (Å²) >= 11 is 0. The highest BCUT2D eigenvalue weighted by atomic mass is 16.3. The summed E-state index contributed by atoms with van der Waals surface area (Å²) in [6, 6.07) is 4.71. The summed E-state index contributed by atoms with van der Waals surface area (Å²) < 4.78 is 0. The summed E-state index contributed by atoms with van der Waals surface area (Å²) in [5.74, 6) is 0.0363. The Bertz CT molecular complexity index is 388. The molecule has 0 saturated heterocycles. The van der Waals surface area contributed by atoms with Crippen molar-refractivity contribution in [1.29, 1.82) is 0 Å². The standard InChI is InChI=1S/C13H22N2O3/c1-13(2,3)15-14-7-12(18)9-4-5-11(17)10(6-9)8-16/h4-6,12,14-18H,7-8H2,1-3H3. The molecule has 0 heterocycles. The summed E-state index contributed by atoms with van der Waals surface area (Å²) in [5.41, 5.74) is 6.99. The number of aliphatic hydroxyl groups excluding tert-OH is 2. The average molecular weight is 254 g/mol. The molecule has 1 unspecified atom stereocenters. The third-order valence-corrected chi connectivity index (χ3v) is 2.42. The van der Waals surface area contributed by atoms with Crippen molar-refractivity contribution in [3.8, 4) is 5.75 Å². The Balaban J connectivity index is 2.59. The van der Waals surface area contributed by atoms with Gasteiger partial charge in [0.1, 0.15) is 5.75 Å². The number of rotatable bonds is 5. The highest BCUT2D eigenvalue weighted by molar-refractivity contribution is 5.36. The van der Waals surface area contributed by atoms with E-state index >= 15 is 0 Å². The fraction of sp³-hybridized carbons (Fsp3) is 0.538. The minimum atomic E-state index is -0.703. The molecule has 0 radical (unpaired) electrons. The number of phenols is 1. The Morgan fingerprint density at radius 3 is 2.50 bits per heavy atom. The summed E-state index contributed by atoms with van der Waals surface area (Å²) in [5, 5.41) is 28.4. The van der Waals surface area contributed by atoms with Crippen LogP contribution in [0.1, 0.15) is 38.0 Å². The molecule has 5 heteroatoms. The Morgan fingerprint density at radius 1 is 1.28 bits per heavy atom. The van der Waals surface area contributed by atoms with Crippen LogP contribution in [-0.4, -0.2) is 27.4 Å². The van der Waals surface area contributed by atoms with E-state index in [1.807, 2.05) is 20.8 Å². The van der Waals surface area contributed by atoms with Crippen LogP contribution < -0.4 is 10.9 Å². The van der Waals surface area contributed by atoms with E-state index in [2.05, 4.69) is 10.9 Å². The number of nitrogens with one attached hydrogen (secondary N) is 2. The van der Waals surface area contributed by atoms with E-state index < -0.39 is 6.10 Å². The van der Waals surface area contributed by atoms with Crippen molar-refractivity contribution in [2.45, 2.75) is 39.0 Å². The third-order valence-electron chi connectivity index (χ3n) is 2.42. The molecule has 1 aromatic carbocycles. The van der Waals surface area contributed by atoms with Gasteiger partial charge in [-0.15, -0.1) is 0 Å². The Hall–Kier alpha value is -1.14. The maximum Gasteiger partial charge on any atom is 0.121 e. The lowest BCUT2D eigenvalue weighted by Gasteiger charge is -2.22. The molecule has 1 aromatic rings. The van der Waals surface area contributed by atoms with E-state index in [-0.39, 0.29) is 17.9 Å². The van der Waals surface area contributed by atoms with E-state index in [1.54, 1.807) is 12.1 Å². The van der Waals surface area contributed by atoms with Gasteiger partial charge in [-0.25, -0.2) is 0 Å². The zero-order chi connectivity index (χ0) is 13.8. The van der Waals surface area contributed by atoms with Crippen LogP contribution >= 0.6 is 0 Å². The zero-order valence-electron chi connectivity index (χ0n) is 11.1. The van der Waals surface area contributed by atoms with Gasteiger partial charge in [0.2, 0.25) is 0 Å². The first kappa shape index (κ1) is 14.9. The van der Waals surface area contributed by atoms with Gasteiger partial charge in [-0.1, -0.05) is 6.07 Å². The van der Waals surface area contributed by atoms with Gasteiger partial charge >= 0.3 is 0 Å². The van der Waals surface area contributed by atoms with Crippen molar-refractivity contribution >= 4 is 0 Å². The second kappa shape index (κ2) is 6.15. The van der Waals surface area contributed by atoms with Crippen LogP contribution in [0.4, 0.5) is 0 Å². The monoisotopic (exact) mass is 254 g/mol. The van der Waals surface area contributed by atoms with Gasteiger partial charge in [0, 0.05) is 17.6 Å². The molecule has 0 aliphatic rings. The first-order valence-electron chi connectivity index (χ1n) is 5.94. The first-order valence-corrected chi connectivity index (χ1v) is 5.94. The second-order valence-electron chi connectivity index (χ2n) is 5.32. The van der Waals surface area contributed by atoms with Crippen LogP contribution in [0.5, 0.6) is 5.75 Å². The van der Waals surface area contributed by atoms with Crippen molar-refractivity contribution in [3.63, 3.8) is 0 Å². The number of aromatic hydroxyl groups is 1. The molecule has 1 rings (SSSR count). The van der Waals surface area contributed by atoms with E-state index in [0.717, 1.165) is 0 Å². The molecular formula is C13H22N2O3. The van der Waals surface area contributed by atoms with E-state index in [1.165, 1.54) is 6.07 Å². The van der Waals surface area contributed by atoms with Gasteiger partial charge in [-0.05, 0) is 38.5 Å². The fourth-order valence-electron chi connectivity index (χ4n) is 1.47. The Kier molecular flexibility index (Phi) is 5.10. The van der Waals surface area contributed by atoms with Crippen LogP contribution in [0.3, 0.4) is 0 Å². The number of hydrogen-bond donors (Lipinski definition) is 5. The summed E-state index contributed by atoms with van der Waals surface area (Å²) in [6.07, 6.45) is -0.703. The van der Waals surface area contributed by atoms with Gasteiger partial charge in [-0.3, -0.25) is 10.9 Å². The quantitative estimate of drug-likeness (QED) is 0.502. The topological polar surface area (TPSA) is 84.8 Å². The van der Waals surface area contributed by atoms with Gasteiger partial charge in [0.05, 0.1) is 12.7 Å². The summed E-state index contributed by atoms with van der Waals surface area (Å²) in [4.78, 5) is 0. The van der Waals surface area contributed by atoms with Gasteiger partial charge in [-0.2, -0.15) is 0 Å². The lowest BCUT2D eigenvalue weighted by Crippen LogP contribution is -2.47. The Labute approximate surface area is 107 Å². The maximum absolute atomic E-state index is 9.96. The van der Waals surface area contributed by atoms with Crippen molar-refractivity contribution in [2.24, 2.45) is 0 Å². The molecule has 0 saturated carbocycles. The van der Waals surface area contributed by atoms with Crippen molar-refractivity contribution in [3.05, 3.63) is 29.3 Å². The minimum absolute atomic E-state index is 0.0363. The third kappa shape index (κ3) is 4.62. The minimum Gasteiger partial charge on any atom is -0.508 e. The number of hydrogen-bond acceptors (Lipinski definition) is 5. The molecule has 0 fully saturated rings. The van der Waals surface area contributed by atoms with Crippen LogP contribution in [0.25, 0.3) is 0 Å². The number of benzene rings is 1. The maximum atomic E-state index is 9.96. The molecule has 5 nitrogen and oxygen atoms in total. The van der Waals surface area contributed by atoms with E-state index in [9.17, 15) is 10.2 Å². The van der Waals surface area contributed by atoms with Crippen LogP contribution in [0.15, 0.2) is 18.2 Å². The van der Waals surface area contributed by atoms with Gasteiger partial charge in [0.15, 0.2) is 0 Å². The predicted molar refractivity (Wildman–Crippen MR) is 69.9 cm³/mol. The predicted octanol–water partition coefficient (Wildman–Crippen LogP) is 0.811. The highest BCUT2D eigenvalue weighted by Gasteiger charge is 2.12. The Morgan fingerprint density at radius 2 is 1.94 bits per heavy atom. The second-order valence-corrected chi connectivity index (χ2v) is 5.32. The molecule has 18 heavy (non-hydrogen) atoms. The highest BCUT2D eigenvalue weighted by Crippen LogP contribution is 2.22. The van der Waals surface area contributed by atoms with Crippen molar-refractivity contribution in [2.75, 3.05) is 6.54 Å². The van der Waals surface area contributed by atoms with E-state index in [4.69, 9.17) is 5.11 Å². The fourth-order valence-corrected chi connectivity index (χ4v) is 1.47. The van der Waals surface area contributed by atoms with Crippen molar-refractivity contribution < 1.29 is 15.3 Å². The average Bonchev–Trinajstić information content (AvgIpc) is 2.27. The molecule has 1 atom stereocenters. The number of hydrazine groups is 1. The molecule has 0 amide bonds. The van der Waals surface area contributed by atoms with Gasteiger partial charge < -0.3 is 15.3 Å². The lowest BCUT2D eigenvalue weighted by atomic mass is 10.1. The largest absolute Gasteiger partial charge is 0.508 e. The smallest absolute Gasteiger partial charge is 0.121 e. The van der Waals surface area contributed by atoms with Gasteiger partial charge in [0.25, 0.3) is 0 Å². The van der Waals surface area contributed by atoms with Crippen LogP contribution in [0, 0.1) is 0 Å². The van der Waals surface area contributed by atoms with Crippen LogP contribution in [0.2, 0.25) is 0 Å². The SMILES string of the molecule is CC(C)(C)NNCC(O)c1ccc(O)c(CO)c1. The van der Waals surface area contributed by atoms with Crippen molar-refractivity contribution in [1.82, 2.24) is 10.9 Å².